The van der Waals surface area contributed by atoms with E-state index in [1.165, 1.54) is 0 Å². The fourth-order valence-electron chi connectivity index (χ4n) is 3.71. The van der Waals surface area contributed by atoms with Gasteiger partial charge in [0.15, 0.2) is 0 Å². The number of ketones is 1. The van der Waals surface area contributed by atoms with Crippen molar-refractivity contribution in [1.29, 1.82) is 0 Å². The molecule has 0 radical (unpaired) electrons. The zero-order valence-corrected chi connectivity index (χ0v) is 16.1. The molecule has 0 aromatic carbocycles. The number of hydrogen-bond donors (Lipinski definition) is 0. The van der Waals surface area contributed by atoms with Crippen LogP contribution in [-0.4, -0.2) is 5.78 Å². The van der Waals surface area contributed by atoms with Crippen LogP contribution in [0.2, 0.25) is 0 Å². The average Bonchev–Trinajstić information content (AvgIpc) is 2.62. The lowest BCUT2D eigenvalue weighted by atomic mass is 9.81. The summed E-state index contributed by atoms with van der Waals surface area (Å²) in [4.78, 5) is 13.3. The molecule has 0 aromatic heterocycles. The third-order valence-electron chi connectivity index (χ3n) is 5.23. The van der Waals surface area contributed by atoms with Gasteiger partial charge in [-0.2, -0.15) is 0 Å². The van der Waals surface area contributed by atoms with Gasteiger partial charge in [-0.3, -0.25) is 4.79 Å². The summed E-state index contributed by atoms with van der Waals surface area (Å²) >= 11 is 0. The van der Waals surface area contributed by atoms with Crippen LogP contribution in [0.25, 0.3) is 0 Å². The van der Waals surface area contributed by atoms with Crippen LogP contribution in [-0.2, 0) is 4.79 Å². The van der Waals surface area contributed by atoms with E-state index in [9.17, 15) is 4.79 Å². The van der Waals surface area contributed by atoms with E-state index < -0.39 is 0 Å². The van der Waals surface area contributed by atoms with Crippen LogP contribution >= 0.6 is 0 Å². The molecule has 0 fully saturated rings. The number of carbonyl (C=O) groups excluding carboxylic acids is 1. The van der Waals surface area contributed by atoms with Gasteiger partial charge < -0.3 is 0 Å². The first-order valence-corrected chi connectivity index (χ1v) is 10.4. The molecule has 0 spiro atoms. The Morgan fingerprint density at radius 1 is 0.500 bits per heavy atom. The zero-order chi connectivity index (χ0) is 18.3. The largest absolute Gasteiger partial charge is 0.299 e. The maximum Gasteiger partial charge on any atom is 0.139 e. The summed E-state index contributed by atoms with van der Waals surface area (Å²) in [7, 11) is 0. The van der Waals surface area contributed by atoms with Crippen molar-refractivity contribution in [3.8, 4) is 0 Å². The molecule has 2 aliphatic rings. The van der Waals surface area contributed by atoms with E-state index in [4.69, 9.17) is 0 Å². The lowest BCUT2D eigenvalue weighted by Gasteiger charge is -2.22. The molecular formula is C25H34O. The SMILES string of the molecule is O=C(C1CCC=CC=CC=CCCC1)C1CCC=CC=CC=CCCC1. The van der Waals surface area contributed by atoms with Gasteiger partial charge in [0, 0.05) is 11.8 Å². The van der Waals surface area contributed by atoms with Crippen molar-refractivity contribution in [2.75, 3.05) is 0 Å². The summed E-state index contributed by atoms with van der Waals surface area (Å²) in [6.07, 6.45) is 36.1. The average molecular weight is 351 g/mol. The van der Waals surface area contributed by atoms with E-state index in [1.54, 1.807) is 0 Å². The predicted octanol–water partition coefficient (Wildman–Crippen LogP) is 7.05. The van der Waals surface area contributed by atoms with Crippen LogP contribution in [0.5, 0.6) is 0 Å². The number of carbonyl (C=O) groups is 1. The summed E-state index contributed by atoms with van der Waals surface area (Å²) in [5.41, 5.74) is 0. The van der Waals surface area contributed by atoms with Gasteiger partial charge in [-0.15, -0.1) is 0 Å². The minimum atomic E-state index is 0.230. The van der Waals surface area contributed by atoms with Crippen molar-refractivity contribution in [2.24, 2.45) is 11.8 Å². The molecule has 0 aliphatic heterocycles. The molecule has 0 heterocycles. The normalized spacial score (nSPS) is 25.7. The second-order valence-electron chi connectivity index (χ2n) is 7.30. The molecule has 26 heavy (non-hydrogen) atoms. The van der Waals surface area contributed by atoms with Crippen molar-refractivity contribution in [1.82, 2.24) is 0 Å². The molecule has 0 bridgehead atoms. The second kappa shape index (κ2) is 13.3. The van der Waals surface area contributed by atoms with Crippen molar-refractivity contribution in [3.63, 3.8) is 0 Å². The number of allylic oxidation sites excluding steroid dienone is 12. The molecule has 2 unspecified atom stereocenters. The summed E-state index contributed by atoms with van der Waals surface area (Å²) < 4.78 is 0. The smallest absolute Gasteiger partial charge is 0.139 e. The fourth-order valence-corrected chi connectivity index (χ4v) is 3.71. The third-order valence-corrected chi connectivity index (χ3v) is 5.23. The fraction of sp³-hybridized carbons (Fsp3) is 0.480. The monoisotopic (exact) mass is 350 g/mol. The van der Waals surface area contributed by atoms with E-state index in [0.29, 0.717) is 5.78 Å². The second-order valence-corrected chi connectivity index (χ2v) is 7.30. The first kappa shape index (κ1) is 20.4. The molecule has 2 rings (SSSR count). The van der Waals surface area contributed by atoms with Crippen LogP contribution in [0.3, 0.4) is 0 Å². The van der Waals surface area contributed by atoms with Gasteiger partial charge in [-0.05, 0) is 64.2 Å². The quantitative estimate of drug-likeness (QED) is 0.521. The van der Waals surface area contributed by atoms with Crippen LogP contribution in [0.15, 0.2) is 72.9 Å². The van der Waals surface area contributed by atoms with E-state index >= 15 is 0 Å². The van der Waals surface area contributed by atoms with Gasteiger partial charge in [-0.1, -0.05) is 72.9 Å². The first-order chi connectivity index (χ1) is 12.9. The standard InChI is InChI=1S/C25H34O/c26-25(23-19-15-11-7-3-1-4-8-12-16-20-23)24-21-17-13-9-5-2-6-10-14-18-22-24/h1-11,13,23-24H,12,14-22H2. The molecule has 0 amide bonds. The lowest BCUT2D eigenvalue weighted by molar-refractivity contribution is -0.127. The van der Waals surface area contributed by atoms with Crippen molar-refractivity contribution >= 4 is 5.78 Å². The molecule has 140 valence electrons. The summed E-state index contributed by atoms with van der Waals surface area (Å²) in [5.74, 6) is 0.988. The van der Waals surface area contributed by atoms with Crippen molar-refractivity contribution in [3.05, 3.63) is 72.9 Å². The van der Waals surface area contributed by atoms with Gasteiger partial charge in [0.05, 0.1) is 0 Å². The Balaban J connectivity index is 1.99. The van der Waals surface area contributed by atoms with E-state index in [0.717, 1.165) is 64.2 Å². The van der Waals surface area contributed by atoms with Gasteiger partial charge in [0.1, 0.15) is 5.78 Å². The maximum absolute atomic E-state index is 13.3. The minimum Gasteiger partial charge on any atom is -0.299 e. The molecule has 0 aromatic rings. The Labute approximate surface area is 160 Å². The van der Waals surface area contributed by atoms with Crippen LogP contribution in [0, 0.1) is 11.8 Å². The highest BCUT2D eigenvalue weighted by Gasteiger charge is 2.25. The van der Waals surface area contributed by atoms with Crippen LogP contribution in [0.4, 0.5) is 0 Å². The molecule has 1 heteroatoms. The van der Waals surface area contributed by atoms with Crippen molar-refractivity contribution in [2.45, 2.75) is 64.2 Å². The molecule has 0 N–H and O–H groups in total. The zero-order valence-electron chi connectivity index (χ0n) is 16.1. The van der Waals surface area contributed by atoms with E-state index in [-0.39, 0.29) is 11.8 Å². The van der Waals surface area contributed by atoms with Crippen molar-refractivity contribution < 1.29 is 4.79 Å². The molecule has 0 saturated heterocycles. The Bertz CT molecular complexity index is 521. The molecule has 2 atom stereocenters. The van der Waals surface area contributed by atoms with Gasteiger partial charge in [0.2, 0.25) is 0 Å². The number of Topliss-reactive ketones (excluding diaryl/α,β-unsaturated/α-hetero) is 1. The highest BCUT2D eigenvalue weighted by Crippen LogP contribution is 2.27. The van der Waals surface area contributed by atoms with Crippen LogP contribution < -0.4 is 0 Å². The molecule has 0 saturated carbocycles. The van der Waals surface area contributed by atoms with Gasteiger partial charge in [0.25, 0.3) is 0 Å². The molecular weight excluding hydrogens is 316 g/mol. The highest BCUT2D eigenvalue weighted by molar-refractivity contribution is 5.83. The number of hydrogen-bond acceptors (Lipinski definition) is 1. The Morgan fingerprint density at radius 3 is 1.31 bits per heavy atom. The topological polar surface area (TPSA) is 17.1 Å². The lowest BCUT2D eigenvalue weighted by Crippen LogP contribution is -2.24. The Morgan fingerprint density at radius 2 is 0.885 bits per heavy atom. The van der Waals surface area contributed by atoms with E-state index in [2.05, 4.69) is 72.9 Å². The molecule has 1 nitrogen and oxygen atoms in total. The van der Waals surface area contributed by atoms with Crippen LogP contribution in [0.1, 0.15) is 64.2 Å². The predicted molar refractivity (Wildman–Crippen MR) is 113 cm³/mol. The summed E-state index contributed by atoms with van der Waals surface area (Å²) in [6, 6.07) is 0. The van der Waals surface area contributed by atoms with Gasteiger partial charge >= 0.3 is 0 Å². The summed E-state index contributed by atoms with van der Waals surface area (Å²) in [6.45, 7) is 0. The van der Waals surface area contributed by atoms with Gasteiger partial charge in [-0.25, -0.2) is 0 Å². The summed E-state index contributed by atoms with van der Waals surface area (Å²) in [5, 5.41) is 0. The first-order valence-electron chi connectivity index (χ1n) is 10.4. The maximum atomic E-state index is 13.3. The van der Waals surface area contributed by atoms with E-state index in [1.807, 2.05) is 0 Å². The third kappa shape index (κ3) is 8.47. The highest BCUT2D eigenvalue weighted by atomic mass is 16.1. The molecule has 2 aliphatic carbocycles. The Hall–Kier alpha value is -1.89. The number of rotatable bonds is 2. The minimum absolute atomic E-state index is 0.230. The Kier molecular flexibility index (Phi) is 10.5.